The molecule has 0 atom stereocenters. The van der Waals surface area contributed by atoms with Gasteiger partial charge in [0.15, 0.2) is 0 Å². The van der Waals surface area contributed by atoms with Crippen molar-refractivity contribution in [3.05, 3.63) is 30.1 Å². The summed E-state index contributed by atoms with van der Waals surface area (Å²) < 4.78 is 0. The largest absolute Gasteiger partial charge is 0.488 e. The second kappa shape index (κ2) is 3.36. The Bertz CT molecular complexity index is 473. The van der Waals surface area contributed by atoms with Crippen LogP contribution in [0.5, 0.6) is 0 Å². The minimum atomic E-state index is -1.46. The van der Waals surface area contributed by atoms with Gasteiger partial charge in [-0.05, 0) is 30.1 Å². The molecule has 0 aliphatic carbocycles. The maximum Gasteiger partial charge on any atom is 0.488 e. The molecule has 0 amide bonds. The van der Waals surface area contributed by atoms with Crippen molar-refractivity contribution in [2.45, 2.75) is 6.92 Å². The lowest BCUT2D eigenvalue weighted by Gasteiger charge is -2.05. The van der Waals surface area contributed by atoms with Crippen LogP contribution in [0.2, 0.25) is 0 Å². The quantitative estimate of drug-likeness (QED) is 0.598. The maximum absolute atomic E-state index is 9.07. The Hall–Kier alpha value is -1.46. The molecular weight excluding hydrogens is 179 g/mol. The summed E-state index contributed by atoms with van der Waals surface area (Å²) in [5, 5.41) is 18.1. The van der Waals surface area contributed by atoms with Crippen LogP contribution in [0.4, 0.5) is 0 Å². The van der Waals surface area contributed by atoms with Gasteiger partial charge in [-0.2, -0.15) is 0 Å². The van der Waals surface area contributed by atoms with Crippen LogP contribution in [-0.4, -0.2) is 27.1 Å². The van der Waals surface area contributed by atoms with Crippen molar-refractivity contribution in [2.24, 2.45) is 0 Å². The summed E-state index contributed by atoms with van der Waals surface area (Å²) in [7, 11) is -1.46. The molecule has 4 nitrogen and oxygen atoms in total. The van der Waals surface area contributed by atoms with Crippen molar-refractivity contribution in [1.29, 1.82) is 0 Å². The van der Waals surface area contributed by atoms with Gasteiger partial charge in [-0.25, -0.2) is 0 Å². The van der Waals surface area contributed by atoms with Crippen molar-refractivity contribution < 1.29 is 10.0 Å². The summed E-state index contributed by atoms with van der Waals surface area (Å²) in [4.78, 5) is 8.20. The second-order valence-corrected chi connectivity index (χ2v) is 3.13. The van der Waals surface area contributed by atoms with Gasteiger partial charge in [0.1, 0.15) is 0 Å². The molecule has 1 aromatic heterocycles. The molecule has 70 valence electrons. The van der Waals surface area contributed by atoms with Crippen LogP contribution in [0, 0.1) is 6.92 Å². The molecule has 0 unspecified atom stereocenters. The van der Waals surface area contributed by atoms with Gasteiger partial charge in [-0.1, -0.05) is 0 Å². The van der Waals surface area contributed by atoms with Crippen molar-refractivity contribution >= 4 is 23.6 Å². The number of hydrogen-bond acceptors (Lipinski definition) is 4. The summed E-state index contributed by atoms with van der Waals surface area (Å²) in [5.41, 5.74) is 2.70. The lowest BCUT2D eigenvalue weighted by molar-refractivity contribution is 0.425. The zero-order chi connectivity index (χ0) is 10.1. The van der Waals surface area contributed by atoms with Crippen LogP contribution in [0.15, 0.2) is 24.5 Å². The highest BCUT2D eigenvalue weighted by Crippen LogP contribution is 2.08. The molecular formula is C9H9BN2O2. The van der Waals surface area contributed by atoms with Gasteiger partial charge >= 0.3 is 7.12 Å². The number of rotatable bonds is 1. The lowest BCUT2D eigenvalue weighted by atomic mass is 9.77. The molecule has 0 spiro atoms. The number of hydrogen-bond donors (Lipinski definition) is 2. The summed E-state index contributed by atoms with van der Waals surface area (Å²) in [5.74, 6) is 0. The third-order valence-corrected chi connectivity index (χ3v) is 2.14. The van der Waals surface area contributed by atoms with Gasteiger partial charge < -0.3 is 10.0 Å². The predicted molar refractivity (Wildman–Crippen MR) is 54.1 cm³/mol. The molecule has 0 radical (unpaired) electrons. The van der Waals surface area contributed by atoms with E-state index in [4.69, 9.17) is 10.0 Å². The van der Waals surface area contributed by atoms with Crippen LogP contribution in [0.25, 0.3) is 11.0 Å². The van der Waals surface area contributed by atoms with Gasteiger partial charge in [0.25, 0.3) is 0 Å². The first-order valence-corrected chi connectivity index (χ1v) is 4.26. The fourth-order valence-corrected chi connectivity index (χ4v) is 1.41. The summed E-state index contributed by atoms with van der Waals surface area (Å²) in [6.07, 6.45) is 3.18. The zero-order valence-electron chi connectivity index (χ0n) is 7.68. The van der Waals surface area contributed by atoms with E-state index in [0.717, 1.165) is 11.1 Å². The van der Waals surface area contributed by atoms with Crippen LogP contribution >= 0.6 is 0 Å². The molecule has 0 fully saturated rings. The highest BCUT2D eigenvalue weighted by Gasteiger charge is 2.14. The van der Waals surface area contributed by atoms with Crippen molar-refractivity contribution in [2.75, 3.05) is 0 Å². The molecule has 2 aromatic rings. The van der Waals surface area contributed by atoms with Crippen molar-refractivity contribution in [3.63, 3.8) is 0 Å². The van der Waals surface area contributed by atoms with E-state index in [-0.39, 0.29) is 0 Å². The number of fused-ring (bicyclic) bond motifs is 1. The molecule has 2 N–H and O–H groups in total. The monoisotopic (exact) mass is 188 g/mol. The second-order valence-electron chi connectivity index (χ2n) is 3.13. The molecule has 2 rings (SSSR count). The normalized spacial score (nSPS) is 10.5. The van der Waals surface area contributed by atoms with Gasteiger partial charge in [0, 0.05) is 12.4 Å². The first-order chi connectivity index (χ1) is 6.68. The van der Waals surface area contributed by atoms with E-state index in [9.17, 15) is 0 Å². The van der Waals surface area contributed by atoms with E-state index < -0.39 is 7.12 Å². The molecule has 14 heavy (non-hydrogen) atoms. The van der Waals surface area contributed by atoms with E-state index in [1.807, 2.05) is 6.92 Å². The van der Waals surface area contributed by atoms with Crippen LogP contribution in [0.3, 0.4) is 0 Å². The topological polar surface area (TPSA) is 66.2 Å². The van der Waals surface area contributed by atoms with Crippen LogP contribution < -0.4 is 5.46 Å². The fraction of sp³-hybridized carbons (Fsp3) is 0.111. The lowest BCUT2D eigenvalue weighted by Crippen LogP contribution is -2.32. The minimum absolute atomic E-state index is 0.470. The van der Waals surface area contributed by atoms with Gasteiger partial charge in [-0.3, -0.25) is 9.97 Å². The molecule has 1 heterocycles. The summed E-state index contributed by atoms with van der Waals surface area (Å²) >= 11 is 0. The van der Waals surface area contributed by atoms with E-state index in [0.29, 0.717) is 11.0 Å². The summed E-state index contributed by atoms with van der Waals surface area (Å²) in [6, 6.07) is 3.43. The zero-order valence-corrected chi connectivity index (χ0v) is 7.68. The first kappa shape index (κ1) is 9.11. The molecule has 5 heteroatoms. The molecule has 0 aliphatic rings. The van der Waals surface area contributed by atoms with Crippen LogP contribution in [-0.2, 0) is 0 Å². The Morgan fingerprint density at radius 2 is 1.64 bits per heavy atom. The maximum atomic E-state index is 9.07. The van der Waals surface area contributed by atoms with E-state index in [1.165, 1.54) is 0 Å². The average Bonchev–Trinajstić information content (AvgIpc) is 2.16. The Morgan fingerprint density at radius 1 is 1.07 bits per heavy atom. The number of benzene rings is 1. The Morgan fingerprint density at radius 3 is 2.21 bits per heavy atom. The Kier molecular flexibility index (Phi) is 2.19. The minimum Gasteiger partial charge on any atom is -0.423 e. The molecule has 0 aliphatic heterocycles. The molecule has 0 saturated heterocycles. The van der Waals surface area contributed by atoms with E-state index >= 15 is 0 Å². The average molecular weight is 188 g/mol. The first-order valence-electron chi connectivity index (χ1n) is 4.26. The number of aromatic nitrogens is 2. The Labute approximate surface area is 81.4 Å². The van der Waals surface area contributed by atoms with E-state index in [1.54, 1.807) is 24.5 Å². The highest BCUT2D eigenvalue weighted by molar-refractivity contribution is 6.59. The third kappa shape index (κ3) is 1.47. The molecule has 0 saturated carbocycles. The Balaban J connectivity index is 2.71. The third-order valence-electron chi connectivity index (χ3n) is 2.14. The summed E-state index contributed by atoms with van der Waals surface area (Å²) in [6.45, 7) is 1.81. The predicted octanol–water partition coefficient (Wildman–Crippen LogP) is -0.382. The van der Waals surface area contributed by atoms with Gasteiger partial charge in [0.2, 0.25) is 0 Å². The standard InChI is InChI=1S/C9H9BN2O2/c1-6-4-8-9(12-3-2-11-8)5-7(6)10(13)14/h2-5,13-14H,1H3. The van der Waals surface area contributed by atoms with Gasteiger partial charge in [-0.15, -0.1) is 0 Å². The van der Waals surface area contributed by atoms with E-state index in [2.05, 4.69) is 9.97 Å². The van der Waals surface area contributed by atoms with Gasteiger partial charge in [0.05, 0.1) is 11.0 Å². The van der Waals surface area contributed by atoms with Crippen molar-refractivity contribution in [1.82, 2.24) is 9.97 Å². The van der Waals surface area contributed by atoms with Crippen LogP contribution in [0.1, 0.15) is 5.56 Å². The highest BCUT2D eigenvalue weighted by atomic mass is 16.4. The molecule has 0 bridgehead atoms. The van der Waals surface area contributed by atoms with Crippen molar-refractivity contribution in [3.8, 4) is 0 Å². The smallest absolute Gasteiger partial charge is 0.423 e. The SMILES string of the molecule is Cc1cc2nccnc2cc1B(O)O. The fourth-order valence-electron chi connectivity index (χ4n) is 1.41. The molecule has 1 aromatic carbocycles. The number of aryl methyl sites for hydroxylation is 1. The number of nitrogens with zero attached hydrogens (tertiary/aromatic N) is 2.